The van der Waals surface area contributed by atoms with E-state index in [1.165, 1.54) is 12.3 Å². The van der Waals surface area contributed by atoms with Gasteiger partial charge in [0.1, 0.15) is 0 Å². The van der Waals surface area contributed by atoms with Crippen molar-refractivity contribution >= 4 is 10.0 Å². The van der Waals surface area contributed by atoms with E-state index in [9.17, 15) is 8.42 Å². The Kier molecular flexibility index (Phi) is 6.40. The Morgan fingerprint density at radius 1 is 1.29 bits per heavy atom. The van der Waals surface area contributed by atoms with Crippen molar-refractivity contribution in [2.24, 2.45) is 7.05 Å². The Labute approximate surface area is 127 Å². The molecule has 122 valence electrons. The molecule has 0 radical (unpaired) electrons. The van der Waals surface area contributed by atoms with Gasteiger partial charge in [-0.25, -0.2) is 13.1 Å². The van der Waals surface area contributed by atoms with Gasteiger partial charge in [0.25, 0.3) is 0 Å². The van der Waals surface area contributed by atoms with Gasteiger partial charge in [0.15, 0.2) is 0 Å². The molecule has 0 spiro atoms. The van der Waals surface area contributed by atoms with E-state index in [0.29, 0.717) is 30.9 Å². The third-order valence-corrected chi connectivity index (χ3v) is 4.97. The summed E-state index contributed by atoms with van der Waals surface area (Å²) < 4.78 is 28.7. The minimum Gasteiger partial charge on any atom is -0.390 e. The predicted octanol–water partition coefficient (Wildman–Crippen LogP) is 0.915. The third-order valence-electron chi connectivity index (χ3n) is 3.54. The maximum Gasteiger partial charge on any atom is 0.242 e. The van der Waals surface area contributed by atoms with Gasteiger partial charge in [0, 0.05) is 44.1 Å². The first kappa shape index (κ1) is 18.2. The van der Waals surface area contributed by atoms with Crippen molar-refractivity contribution < 1.29 is 13.5 Å². The molecule has 1 aromatic heterocycles. The van der Waals surface area contributed by atoms with Gasteiger partial charge in [0.2, 0.25) is 10.0 Å². The molecule has 0 atom stereocenters. The predicted molar refractivity (Wildman–Crippen MR) is 83.5 cm³/mol. The molecule has 7 heteroatoms. The van der Waals surface area contributed by atoms with Crippen molar-refractivity contribution in [3.05, 3.63) is 18.0 Å². The fourth-order valence-electron chi connectivity index (χ4n) is 2.39. The maximum atomic E-state index is 12.2. The van der Waals surface area contributed by atoms with Gasteiger partial charge < -0.3 is 9.67 Å². The van der Waals surface area contributed by atoms with Crippen molar-refractivity contribution in [3.8, 4) is 0 Å². The van der Waals surface area contributed by atoms with Crippen molar-refractivity contribution in [3.63, 3.8) is 0 Å². The van der Waals surface area contributed by atoms with Crippen LogP contribution in [-0.4, -0.2) is 48.2 Å². The zero-order valence-corrected chi connectivity index (χ0v) is 14.3. The molecular formula is C14H27N3O3S. The first-order valence-electron chi connectivity index (χ1n) is 7.20. The lowest BCUT2D eigenvalue weighted by molar-refractivity contribution is 0.179. The van der Waals surface area contributed by atoms with Gasteiger partial charge in [-0.2, -0.15) is 0 Å². The Morgan fingerprint density at radius 3 is 2.29 bits per heavy atom. The fourth-order valence-corrected chi connectivity index (χ4v) is 3.50. The molecule has 0 unspecified atom stereocenters. The fraction of sp³-hybridized carbons (Fsp3) is 0.714. The number of sulfonamides is 1. The molecule has 1 rings (SSSR count). The summed E-state index contributed by atoms with van der Waals surface area (Å²) in [5.41, 5.74) is 0.571. The van der Waals surface area contributed by atoms with Crippen LogP contribution < -0.4 is 4.72 Å². The zero-order valence-electron chi connectivity index (χ0n) is 13.5. The molecule has 0 aliphatic heterocycles. The number of aliphatic hydroxyl groups is 1. The number of nitrogens with one attached hydrogen (secondary N) is 1. The van der Waals surface area contributed by atoms with Crippen LogP contribution in [0.15, 0.2) is 17.2 Å². The lowest BCUT2D eigenvalue weighted by atomic mass is 10.2. The van der Waals surface area contributed by atoms with Crippen molar-refractivity contribution in [2.75, 3.05) is 13.1 Å². The molecule has 2 N–H and O–H groups in total. The summed E-state index contributed by atoms with van der Waals surface area (Å²) in [5.74, 6) is 0. The van der Waals surface area contributed by atoms with Crippen LogP contribution in [0, 0.1) is 0 Å². The summed E-state index contributed by atoms with van der Waals surface area (Å²) in [6, 6.07) is 2.23. The minimum atomic E-state index is -3.53. The van der Waals surface area contributed by atoms with E-state index in [2.05, 4.69) is 37.3 Å². The smallest absolute Gasteiger partial charge is 0.242 e. The first-order valence-corrected chi connectivity index (χ1v) is 8.69. The van der Waals surface area contributed by atoms with E-state index in [1.54, 1.807) is 11.6 Å². The second kappa shape index (κ2) is 7.40. The van der Waals surface area contributed by atoms with Crippen molar-refractivity contribution in [1.29, 1.82) is 0 Å². The lowest BCUT2D eigenvalue weighted by Crippen LogP contribution is -2.42. The highest BCUT2D eigenvalue weighted by atomic mass is 32.2. The summed E-state index contributed by atoms with van der Waals surface area (Å²) in [6.07, 6.45) is 1.51. The van der Waals surface area contributed by atoms with E-state index >= 15 is 0 Å². The molecule has 0 aliphatic carbocycles. The van der Waals surface area contributed by atoms with E-state index in [1.807, 2.05) is 0 Å². The molecule has 6 nitrogen and oxygen atoms in total. The summed E-state index contributed by atoms with van der Waals surface area (Å²) in [6.45, 7) is 9.23. The van der Waals surface area contributed by atoms with Crippen LogP contribution in [0.5, 0.6) is 0 Å². The second-order valence-electron chi connectivity index (χ2n) is 5.76. The standard InChI is InChI=1S/C14H27N3O3S/c1-11(2)17(12(3)4)7-6-15-21(19,20)14-8-13(10-18)16(5)9-14/h8-9,11-12,15,18H,6-7,10H2,1-5H3. The molecule has 0 aliphatic rings. The molecule has 0 bridgehead atoms. The average Bonchev–Trinajstić information content (AvgIpc) is 2.75. The van der Waals surface area contributed by atoms with Crippen LogP contribution in [-0.2, 0) is 23.7 Å². The highest BCUT2D eigenvalue weighted by molar-refractivity contribution is 7.89. The maximum absolute atomic E-state index is 12.2. The Bertz CT molecular complexity index is 542. The Morgan fingerprint density at radius 2 is 1.86 bits per heavy atom. The summed E-state index contributed by atoms with van der Waals surface area (Å²) in [4.78, 5) is 2.42. The topological polar surface area (TPSA) is 74.6 Å². The van der Waals surface area contributed by atoms with Crippen LogP contribution in [0.3, 0.4) is 0 Å². The number of aromatic nitrogens is 1. The highest BCUT2D eigenvalue weighted by Crippen LogP contribution is 2.13. The first-order chi connectivity index (χ1) is 9.69. The van der Waals surface area contributed by atoms with Gasteiger partial charge in [0.05, 0.1) is 11.5 Å². The number of aryl methyl sites for hydroxylation is 1. The van der Waals surface area contributed by atoms with Gasteiger partial charge in [-0.3, -0.25) is 4.90 Å². The average molecular weight is 317 g/mol. The molecule has 0 amide bonds. The highest BCUT2D eigenvalue weighted by Gasteiger charge is 2.18. The summed E-state index contributed by atoms with van der Waals surface area (Å²) in [7, 11) is -1.82. The minimum absolute atomic E-state index is 0.180. The van der Waals surface area contributed by atoms with E-state index in [-0.39, 0.29) is 11.5 Å². The Balaban J connectivity index is 2.68. The largest absolute Gasteiger partial charge is 0.390 e. The van der Waals surface area contributed by atoms with Gasteiger partial charge in [-0.05, 0) is 33.8 Å². The van der Waals surface area contributed by atoms with Crippen molar-refractivity contribution in [2.45, 2.75) is 51.3 Å². The molecule has 1 heterocycles. The monoisotopic (exact) mass is 317 g/mol. The zero-order chi connectivity index (χ0) is 16.2. The Hall–Kier alpha value is -0.890. The van der Waals surface area contributed by atoms with Crippen LogP contribution in [0.2, 0.25) is 0 Å². The summed E-state index contributed by atoms with van der Waals surface area (Å²) in [5, 5.41) is 9.13. The van der Waals surface area contributed by atoms with Crippen LogP contribution in [0.4, 0.5) is 0 Å². The van der Waals surface area contributed by atoms with Crippen molar-refractivity contribution in [1.82, 2.24) is 14.2 Å². The van der Waals surface area contributed by atoms with E-state index < -0.39 is 10.0 Å². The van der Waals surface area contributed by atoms with Gasteiger partial charge in [-0.15, -0.1) is 0 Å². The van der Waals surface area contributed by atoms with E-state index in [4.69, 9.17) is 5.11 Å². The molecule has 21 heavy (non-hydrogen) atoms. The molecule has 1 aromatic rings. The van der Waals surface area contributed by atoms with Crippen LogP contribution >= 0.6 is 0 Å². The van der Waals surface area contributed by atoms with Crippen LogP contribution in [0.25, 0.3) is 0 Å². The molecule has 0 fully saturated rings. The number of nitrogens with zero attached hydrogens (tertiary/aromatic N) is 2. The number of rotatable bonds is 8. The lowest BCUT2D eigenvalue weighted by Gasteiger charge is -2.30. The quantitative estimate of drug-likeness (QED) is 0.747. The molecule has 0 saturated heterocycles. The third kappa shape index (κ3) is 4.81. The van der Waals surface area contributed by atoms with Gasteiger partial charge in [-0.1, -0.05) is 0 Å². The summed E-state index contributed by atoms with van der Waals surface area (Å²) >= 11 is 0. The van der Waals surface area contributed by atoms with Crippen LogP contribution in [0.1, 0.15) is 33.4 Å². The number of hydrogen-bond donors (Lipinski definition) is 2. The molecule has 0 aromatic carbocycles. The molecular weight excluding hydrogens is 290 g/mol. The SMILES string of the molecule is CC(C)N(CCNS(=O)(=O)c1cc(CO)n(C)c1)C(C)C. The normalized spacial score (nSPS) is 12.8. The number of hydrogen-bond acceptors (Lipinski definition) is 4. The molecule has 0 saturated carbocycles. The number of aliphatic hydroxyl groups excluding tert-OH is 1. The van der Waals surface area contributed by atoms with E-state index in [0.717, 1.165) is 0 Å². The second-order valence-corrected chi connectivity index (χ2v) is 7.53. The van der Waals surface area contributed by atoms with Gasteiger partial charge >= 0.3 is 0 Å².